The number of thioether (sulfide) groups is 1. The molecule has 3 rings (SSSR count). The zero-order valence-corrected chi connectivity index (χ0v) is 18.6. The normalized spacial score (nSPS) is 11.4. The Morgan fingerprint density at radius 1 is 1.19 bits per heavy atom. The monoisotopic (exact) mass is 438 g/mol. The SMILES string of the molecule is Cc1ccc(SCCNC(=O)CO/N=C(\N)c2ccc(-n3nc(C)cc3C)nc2)cc1. The molecule has 2 aromatic heterocycles. The third-order valence-corrected chi connectivity index (χ3v) is 5.36. The smallest absolute Gasteiger partial charge is 0.260 e. The Bertz CT molecular complexity index is 1040. The van der Waals surface area contributed by atoms with Gasteiger partial charge in [0, 0.05) is 34.6 Å². The van der Waals surface area contributed by atoms with Crippen LogP contribution in [0.15, 0.2) is 58.7 Å². The molecule has 162 valence electrons. The van der Waals surface area contributed by atoms with Gasteiger partial charge in [-0.2, -0.15) is 5.10 Å². The topological polar surface area (TPSA) is 107 Å². The van der Waals surface area contributed by atoms with Gasteiger partial charge < -0.3 is 15.9 Å². The zero-order chi connectivity index (χ0) is 22.2. The predicted octanol–water partition coefficient (Wildman–Crippen LogP) is 2.74. The molecule has 1 amide bonds. The highest BCUT2D eigenvalue weighted by molar-refractivity contribution is 7.99. The standard InChI is InChI=1S/C22H26N6O2S/c1-15-4-7-19(8-5-15)31-11-10-24-21(29)14-30-27-22(23)18-6-9-20(25-13-18)28-17(3)12-16(2)26-28/h4-9,12-13H,10-11,14H2,1-3H3,(H2,23,27)(H,24,29). The zero-order valence-electron chi connectivity index (χ0n) is 17.8. The number of amides is 1. The van der Waals surface area contributed by atoms with E-state index in [0.717, 1.165) is 17.1 Å². The van der Waals surface area contributed by atoms with Crippen LogP contribution in [0.3, 0.4) is 0 Å². The summed E-state index contributed by atoms with van der Waals surface area (Å²) in [4.78, 5) is 22.5. The van der Waals surface area contributed by atoms with Gasteiger partial charge in [0.2, 0.25) is 0 Å². The molecule has 0 atom stereocenters. The van der Waals surface area contributed by atoms with Crippen LogP contribution >= 0.6 is 11.8 Å². The minimum Gasteiger partial charge on any atom is -0.384 e. The molecule has 1 aromatic carbocycles. The summed E-state index contributed by atoms with van der Waals surface area (Å²) in [7, 11) is 0. The van der Waals surface area contributed by atoms with Crippen molar-refractivity contribution in [3.63, 3.8) is 0 Å². The second-order valence-electron chi connectivity index (χ2n) is 7.01. The summed E-state index contributed by atoms with van der Waals surface area (Å²) in [5.41, 5.74) is 9.66. The number of benzene rings is 1. The van der Waals surface area contributed by atoms with Crippen molar-refractivity contribution < 1.29 is 9.63 Å². The van der Waals surface area contributed by atoms with E-state index in [-0.39, 0.29) is 18.3 Å². The third-order valence-electron chi connectivity index (χ3n) is 4.34. The van der Waals surface area contributed by atoms with Gasteiger partial charge in [-0.3, -0.25) is 4.79 Å². The summed E-state index contributed by atoms with van der Waals surface area (Å²) < 4.78 is 1.75. The Kier molecular flexibility index (Phi) is 7.66. The van der Waals surface area contributed by atoms with E-state index in [4.69, 9.17) is 10.6 Å². The fourth-order valence-corrected chi connectivity index (χ4v) is 3.55. The molecular weight excluding hydrogens is 412 g/mol. The number of rotatable bonds is 9. The molecule has 0 spiro atoms. The quantitative estimate of drug-likeness (QED) is 0.175. The van der Waals surface area contributed by atoms with Crippen molar-refractivity contribution in [1.82, 2.24) is 20.1 Å². The van der Waals surface area contributed by atoms with Gasteiger partial charge in [0.15, 0.2) is 18.3 Å². The molecule has 0 aliphatic heterocycles. The van der Waals surface area contributed by atoms with Gasteiger partial charge in [0.1, 0.15) is 0 Å². The largest absolute Gasteiger partial charge is 0.384 e. The number of carbonyl (C=O) groups is 1. The second kappa shape index (κ2) is 10.6. The van der Waals surface area contributed by atoms with E-state index in [2.05, 4.69) is 51.7 Å². The number of hydrogen-bond acceptors (Lipinski definition) is 6. The van der Waals surface area contributed by atoms with Crippen molar-refractivity contribution in [3.8, 4) is 5.82 Å². The maximum absolute atomic E-state index is 11.9. The molecule has 9 heteroatoms. The number of amidine groups is 1. The molecule has 0 aliphatic carbocycles. The Balaban J connectivity index is 1.41. The predicted molar refractivity (Wildman–Crippen MR) is 122 cm³/mol. The number of carbonyl (C=O) groups excluding carboxylic acids is 1. The first-order valence-electron chi connectivity index (χ1n) is 9.84. The molecule has 0 saturated carbocycles. The second-order valence-corrected chi connectivity index (χ2v) is 8.17. The molecule has 8 nitrogen and oxygen atoms in total. The molecule has 0 aliphatic rings. The minimum atomic E-state index is -0.251. The lowest BCUT2D eigenvalue weighted by molar-refractivity contribution is -0.125. The highest BCUT2D eigenvalue weighted by Gasteiger charge is 2.07. The lowest BCUT2D eigenvalue weighted by Crippen LogP contribution is -2.29. The number of nitrogens with two attached hydrogens (primary N) is 1. The fourth-order valence-electron chi connectivity index (χ4n) is 2.78. The molecule has 0 saturated heterocycles. The Labute approximate surface area is 185 Å². The molecule has 3 aromatic rings. The average molecular weight is 439 g/mol. The number of nitrogens with zero attached hydrogens (tertiary/aromatic N) is 4. The highest BCUT2D eigenvalue weighted by atomic mass is 32.2. The number of pyridine rings is 1. The summed E-state index contributed by atoms with van der Waals surface area (Å²) in [5, 5.41) is 11.0. The number of nitrogens with one attached hydrogen (secondary N) is 1. The summed E-state index contributed by atoms with van der Waals surface area (Å²) >= 11 is 1.68. The van der Waals surface area contributed by atoms with Crippen molar-refractivity contribution in [2.75, 3.05) is 18.9 Å². The van der Waals surface area contributed by atoms with E-state index in [0.29, 0.717) is 17.9 Å². The minimum absolute atomic E-state index is 0.148. The van der Waals surface area contributed by atoms with Crippen LogP contribution in [0.5, 0.6) is 0 Å². The molecule has 0 bridgehead atoms. The molecular formula is C22H26N6O2S. The van der Waals surface area contributed by atoms with Crippen molar-refractivity contribution in [1.29, 1.82) is 0 Å². The van der Waals surface area contributed by atoms with Crippen molar-refractivity contribution in [2.24, 2.45) is 10.9 Å². The van der Waals surface area contributed by atoms with Gasteiger partial charge in [0.25, 0.3) is 5.91 Å². The maximum Gasteiger partial charge on any atom is 0.260 e. The van der Waals surface area contributed by atoms with Gasteiger partial charge in [-0.05, 0) is 51.1 Å². The maximum atomic E-state index is 11.9. The van der Waals surface area contributed by atoms with Crippen molar-refractivity contribution in [3.05, 3.63) is 71.2 Å². The lowest BCUT2D eigenvalue weighted by atomic mass is 10.2. The Morgan fingerprint density at radius 3 is 2.61 bits per heavy atom. The highest BCUT2D eigenvalue weighted by Crippen LogP contribution is 2.17. The van der Waals surface area contributed by atoms with Crippen LogP contribution < -0.4 is 11.1 Å². The van der Waals surface area contributed by atoms with Gasteiger partial charge in [-0.15, -0.1) is 11.8 Å². The number of aromatic nitrogens is 3. The summed E-state index contributed by atoms with van der Waals surface area (Å²) in [5.74, 6) is 1.35. The Morgan fingerprint density at radius 2 is 1.97 bits per heavy atom. The van der Waals surface area contributed by atoms with E-state index in [9.17, 15) is 4.79 Å². The fraction of sp³-hybridized carbons (Fsp3) is 0.273. The van der Waals surface area contributed by atoms with E-state index in [1.165, 1.54) is 10.5 Å². The lowest BCUT2D eigenvalue weighted by Gasteiger charge is -2.06. The van der Waals surface area contributed by atoms with E-state index < -0.39 is 0 Å². The summed E-state index contributed by atoms with van der Waals surface area (Å²) in [6, 6.07) is 13.8. The van der Waals surface area contributed by atoms with Crippen LogP contribution in [0, 0.1) is 20.8 Å². The van der Waals surface area contributed by atoms with E-state index in [1.807, 2.05) is 19.9 Å². The first kappa shape index (κ1) is 22.4. The van der Waals surface area contributed by atoms with Crippen molar-refractivity contribution in [2.45, 2.75) is 25.7 Å². The Hall–Kier alpha value is -3.33. The van der Waals surface area contributed by atoms with Crippen LogP contribution in [-0.2, 0) is 9.63 Å². The van der Waals surface area contributed by atoms with Crippen LogP contribution in [0.4, 0.5) is 0 Å². The summed E-state index contributed by atoms with van der Waals surface area (Å²) in [6.45, 7) is 6.29. The van der Waals surface area contributed by atoms with Gasteiger partial charge in [-0.1, -0.05) is 22.9 Å². The van der Waals surface area contributed by atoms with Gasteiger partial charge in [0.05, 0.1) is 5.69 Å². The molecule has 2 heterocycles. The molecule has 0 fully saturated rings. The average Bonchev–Trinajstić information content (AvgIpc) is 3.10. The molecule has 31 heavy (non-hydrogen) atoms. The van der Waals surface area contributed by atoms with Crippen molar-refractivity contribution >= 4 is 23.5 Å². The first-order valence-corrected chi connectivity index (χ1v) is 10.8. The molecule has 3 N–H and O–H groups in total. The number of aryl methyl sites for hydroxylation is 3. The van der Waals surface area contributed by atoms with Crippen LogP contribution in [0.1, 0.15) is 22.5 Å². The first-order chi connectivity index (χ1) is 14.9. The van der Waals surface area contributed by atoms with Gasteiger partial charge >= 0.3 is 0 Å². The van der Waals surface area contributed by atoms with Crippen LogP contribution in [0.2, 0.25) is 0 Å². The van der Waals surface area contributed by atoms with E-state index >= 15 is 0 Å². The summed E-state index contributed by atoms with van der Waals surface area (Å²) in [6.07, 6.45) is 1.59. The van der Waals surface area contributed by atoms with Crippen LogP contribution in [-0.4, -0.2) is 45.4 Å². The van der Waals surface area contributed by atoms with Gasteiger partial charge in [-0.25, -0.2) is 9.67 Å². The van der Waals surface area contributed by atoms with E-state index in [1.54, 1.807) is 34.8 Å². The molecule has 0 radical (unpaired) electrons. The number of hydrogen-bond donors (Lipinski definition) is 2. The molecule has 0 unspecified atom stereocenters. The number of oxime groups is 1. The van der Waals surface area contributed by atoms with Crippen LogP contribution in [0.25, 0.3) is 5.82 Å². The third kappa shape index (κ3) is 6.58.